The third kappa shape index (κ3) is 3.68. The average molecular weight is 389 g/mol. The Morgan fingerprint density at radius 1 is 1.22 bits per heavy atom. The predicted molar refractivity (Wildman–Crippen MR) is 100 cm³/mol. The van der Waals surface area contributed by atoms with Crippen molar-refractivity contribution >= 4 is 27.2 Å². The maximum Gasteiger partial charge on any atom is 0.255 e. The number of pyridine rings is 1. The standard InChI is InChI=1S/C18H19N3O5S/c1-21(14-6-7-27(23,24)10-14)17-5-3-13(9-19-17)20-18(22)12-2-4-15-16(8-12)26-11-25-15/h2-5,8-9,14H,6-7,10-11H2,1H3,(H,20,22). The van der Waals surface area contributed by atoms with E-state index in [1.165, 1.54) is 0 Å². The molecule has 0 bridgehead atoms. The van der Waals surface area contributed by atoms with Crippen LogP contribution in [0, 0.1) is 0 Å². The van der Waals surface area contributed by atoms with Gasteiger partial charge in [0.15, 0.2) is 21.3 Å². The molecule has 1 aromatic heterocycles. The Hall–Kier alpha value is -2.81. The van der Waals surface area contributed by atoms with Crippen LogP contribution in [-0.4, -0.2) is 50.7 Å². The zero-order valence-corrected chi connectivity index (χ0v) is 15.5. The normalized spacial score (nSPS) is 19.7. The summed E-state index contributed by atoms with van der Waals surface area (Å²) in [5.41, 5.74) is 1.01. The van der Waals surface area contributed by atoms with Gasteiger partial charge < -0.3 is 19.7 Å². The second-order valence-corrected chi connectivity index (χ2v) is 8.82. The van der Waals surface area contributed by atoms with Crippen molar-refractivity contribution in [2.45, 2.75) is 12.5 Å². The minimum Gasteiger partial charge on any atom is -0.454 e. The van der Waals surface area contributed by atoms with Crippen molar-refractivity contribution in [3.8, 4) is 11.5 Å². The highest BCUT2D eigenvalue weighted by atomic mass is 32.2. The summed E-state index contributed by atoms with van der Waals surface area (Å²) >= 11 is 0. The number of sulfone groups is 1. The molecule has 0 spiro atoms. The van der Waals surface area contributed by atoms with Gasteiger partial charge in [-0.3, -0.25) is 4.79 Å². The topological polar surface area (TPSA) is 97.8 Å². The molecule has 142 valence electrons. The fraction of sp³-hybridized carbons (Fsp3) is 0.333. The highest BCUT2D eigenvalue weighted by Gasteiger charge is 2.31. The molecule has 1 fully saturated rings. The second-order valence-electron chi connectivity index (χ2n) is 6.60. The zero-order valence-electron chi connectivity index (χ0n) is 14.7. The van der Waals surface area contributed by atoms with E-state index < -0.39 is 9.84 Å². The molecule has 1 amide bonds. The fourth-order valence-corrected chi connectivity index (χ4v) is 4.95. The molecule has 2 aliphatic heterocycles. The van der Waals surface area contributed by atoms with Gasteiger partial charge in [-0.1, -0.05) is 0 Å². The number of hydrogen-bond donors (Lipinski definition) is 1. The number of nitrogens with one attached hydrogen (secondary N) is 1. The van der Waals surface area contributed by atoms with Crippen LogP contribution < -0.4 is 19.7 Å². The first-order valence-corrected chi connectivity index (χ1v) is 10.3. The summed E-state index contributed by atoms with van der Waals surface area (Å²) in [6.45, 7) is 0.154. The third-order valence-electron chi connectivity index (χ3n) is 4.76. The van der Waals surface area contributed by atoms with E-state index in [9.17, 15) is 13.2 Å². The fourth-order valence-electron chi connectivity index (χ4n) is 3.18. The molecule has 1 aromatic carbocycles. The van der Waals surface area contributed by atoms with Crippen molar-refractivity contribution in [1.29, 1.82) is 0 Å². The summed E-state index contributed by atoms with van der Waals surface area (Å²) in [7, 11) is -1.12. The molecule has 0 aliphatic carbocycles. The Morgan fingerprint density at radius 3 is 2.74 bits per heavy atom. The Bertz CT molecular complexity index is 975. The molecule has 27 heavy (non-hydrogen) atoms. The number of carbonyl (C=O) groups excluding carboxylic acids is 1. The van der Waals surface area contributed by atoms with Crippen LogP contribution in [0.25, 0.3) is 0 Å². The number of anilines is 2. The van der Waals surface area contributed by atoms with Crippen molar-refractivity contribution in [2.75, 3.05) is 35.6 Å². The van der Waals surface area contributed by atoms with Crippen LogP contribution >= 0.6 is 0 Å². The zero-order chi connectivity index (χ0) is 19.0. The molecule has 3 heterocycles. The first-order chi connectivity index (χ1) is 12.9. The molecule has 4 rings (SSSR count). The van der Waals surface area contributed by atoms with Crippen molar-refractivity contribution in [3.05, 3.63) is 42.1 Å². The number of aromatic nitrogens is 1. The van der Waals surface area contributed by atoms with Gasteiger partial charge in [-0.15, -0.1) is 0 Å². The molecular weight excluding hydrogens is 370 g/mol. The Kier molecular flexibility index (Phi) is 4.39. The predicted octanol–water partition coefficient (Wildman–Crippen LogP) is 1.69. The molecule has 9 heteroatoms. The molecule has 1 atom stereocenters. The highest BCUT2D eigenvalue weighted by molar-refractivity contribution is 7.91. The van der Waals surface area contributed by atoms with E-state index in [1.807, 2.05) is 11.9 Å². The van der Waals surface area contributed by atoms with Crippen LogP contribution in [-0.2, 0) is 9.84 Å². The van der Waals surface area contributed by atoms with Gasteiger partial charge in [0, 0.05) is 18.7 Å². The van der Waals surface area contributed by atoms with Crippen molar-refractivity contribution in [2.24, 2.45) is 0 Å². The van der Waals surface area contributed by atoms with Crippen LogP contribution in [0.3, 0.4) is 0 Å². The van der Waals surface area contributed by atoms with Crippen molar-refractivity contribution in [3.63, 3.8) is 0 Å². The Morgan fingerprint density at radius 2 is 2.04 bits per heavy atom. The number of rotatable bonds is 4. The Labute approximate surface area is 157 Å². The van der Waals surface area contributed by atoms with Gasteiger partial charge in [0.2, 0.25) is 6.79 Å². The molecule has 0 saturated carbocycles. The minimum absolute atomic E-state index is 0.0726. The average Bonchev–Trinajstić information content (AvgIpc) is 3.27. The molecule has 1 unspecified atom stereocenters. The smallest absolute Gasteiger partial charge is 0.255 e. The van der Waals surface area contributed by atoms with Crippen LogP contribution in [0.15, 0.2) is 36.5 Å². The molecule has 8 nitrogen and oxygen atoms in total. The summed E-state index contributed by atoms with van der Waals surface area (Å²) in [5.74, 6) is 1.91. The quantitative estimate of drug-likeness (QED) is 0.850. The number of fused-ring (bicyclic) bond motifs is 1. The molecular formula is C18H19N3O5S. The lowest BCUT2D eigenvalue weighted by Crippen LogP contribution is -2.33. The number of amides is 1. The van der Waals surface area contributed by atoms with E-state index in [4.69, 9.17) is 9.47 Å². The summed E-state index contributed by atoms with van der Waals surface area (Å²) in [5, 5.41) is 2.79. The molecule has 2 aliphatic rings. The number of benzene rings is 1. The van der Waals surface area contributed by atoms with Gasteiger partial charge >= 0.3 is 0 Å². The lowest BCUT2D eigenvalue weighted by atomic mass is 10.2. The molecule has 2 aromatic rings. The molecule has 1 saturated heterocycles. The lowest BCUT2D eigenvalue weighted by molar-refractivity contribution is 0.102. The molecule has 1 N–H and O–H groups in total. The lowest BCUT2D eigenvalue weighted by Gasteiger charge is -2.24. The minimum atomic E-state index is -2.95. The van der Waals surface area contributed by atoms with E-state index in [-0.39, 0.29) is 30.2 Å². The monoisotopic (exact) mass is 389 g/mol. The van der Waals surface area contributed by atoms with Gasteiger partial charge in [-0.25, -0.2) is 13.4 Å². The SMILES string of the molecule is CN(c1ccc(NC(=O)c2ccc3c(c2)OCO3)cn1)C1CCS(=O)(=O)C1. The Balaban J connectivity index is 1.42. The van der Waals surface area contributed by atoms with Gasteiger partial charge in [-0.2, -0.15) is 0 Å². The van der Waals surface area contributed by atoms with Crippen LogP contribution in [0.4, 0.5) is 11.5 Å². The van der Waals surface area contributed by atoms with Crippen molar-refractivity contribution in [1.82, 2.24) is 4.98 Å². The number of carbonyl (C=O) groups is 1. The second kappa shape index (κ2) is 6.73. The number of ether oxygens (including phenoxy) is 2. The largest absolute Gasteiger partial charge is 0.454 e. The van der Waals surface area contributed by atoms with E-state index in [0.29, 0.717) is 35.0 Å². The first-order valence-electron chi connectivity index (χ1n) is 8.52. The van der Waals surface area contributed by atoms with Crippen LogP contribution in [0.2, 0.25) is 0 Å². The van der Waals surface area contributed by atoms with E-state index >= 15 is 0 Å². The van der Waals surface area contributed by atoms with E-state index in [2.05, 4.69) is 10.3 Å². The van der Waals surface area contributed by atoms with Gasteiger partial charge in [0.05, 0.1) is 23.4 Å². The van der Waals surface area contributed by atoms with Crippen molar-refractivity contribution < 1.29 is 22.7 Å². The van der Waals surface area contributed by atoms with Crippen LogP contribution in [0.1, 0.15) is 16.8 Å². The van der Waals surface area contributed by atoms with E-state index in [0.717, 1.165) is 0 Å². The van der Waals surface area contributed by atoms with Gasteiger partial charge in [0.1, 0.15) is 5.82 Å². The number of hydrogen-bond acceptors (Lipinski definition) is 7. The summed E-state index contributed by atoms with van der Waals surface area (Å²) < 4.78 is 33.8. The van der Waals surface area contributed by atoms with E-state index in [1.54, 1.807) is 36.5 Å². The van der Waals surface area contributed by atoms with Gasteiger partial charge in [0.25, 0.3) is 5.91 Å². The summed E-state index contributed by atoms with van der Waals surface area (Å²) in [6, 6.07) is 8.43. The molecule has 0 radical (unpaired) electrons. The van der Waals surface area contributed by atoms with Gasteiger partial charge in [-0.05, 0) is 36.8 Å². The summed E-state index contributed by atoms with van der Waals surface area (Å²) in [6.07, 6.45) is 2.16. The summed E-state index contributed by atoms with van der Waals surface area (Å²) in [4.78, 5) is 18.6. The first kappa shape index (κ1) is 17.6. The highest BCUT2D eigenvalue weighted by Crippen LogP contribution is 2.32. The maximum absolute atomic E-state index is 12.4. The van der Waals surface area contributed by atoms with Crippen LogP contribution in [0.5, 0.6) is 11.5 Å². The third-order valence-corrected chi connectivity index (χ3v) is 6.51. The maximum atomic E-state index is 12.4. The number of nitrogens with zero attached hydrogens (tertiary/aromatic N) is 2.